The Hall–Kier alpha value is -2.01. The zero-order valence-electron chi connectivity index (χ0n) is 9.06. The van der Waals surface area contributed by atoms with Gasteiger partial charge in [0.15, 0.2) is 10.8 Å². The SMILES string of the molecule is Fc1ccc(F)c(-c2csc(-c3ccco3)n2)c1. The van der Waals surface area contributed by atoms with Gasteiger partial charge < -0.3 is 4.42 Å². The van der Waals surface area contributed by atoms with Crippen molar-refractivity contribution < 1.29 is 13.2 Å². The molecule has 0 atom stereocenters. The summed E-state index contributed by atoms with van der Waals surface area (Å²) >= 11 is 1.32. The average molecular weight is 263 g/mol. The molecule has 0 aliphatic carbocycles. The molecule has 90 valence electrons. The summed E-state index contributed by atoms with van der Waals surface area (Å²) in [6, 6.07) is 6.83. The highest BCUT2D eigenvalue weighted by Crippen LogP contribution is 2.30. The van der Waals surface area contributed by atoms with E-state index in [9.17, 15) is 8.78 Å². The van der Waals surface area contributed by atoms with Gasteiger partial charge in [-0.05, 0) is 30.3 Å². The van der Waals surface area contributed by atoms with Crippen LogP contribution in [0.2, 0.25) is 0 Å². The molecule has 3 rings (SSSR count). The quantitative estimate of drug-likeness (QED) is 0.687. The van der Waals surface area contributed by atoms with E-state index in [0.29, 0.717) is 16.5 Å². The smallest absolute Gasteiger partial charge is 0.162 e. The highest BCUT2D eigenvalue weighted by Gasteiger charge is 2.12. The fourth-order valence-electron chi connectivity index (χ4n) is 1.60. The van der Waals surface area contributed by atoms with Gasteiger partial charge in [0.05, 0.1) is 12.0 Å². The minimum absolute atomic E-state index is 0.157. The predicted molar refractivity (Wildman–Crippen MR) is 65.2 cm³/mol. The second-order valence-electron chi connectivity index (χ2n) is 3.64. The van der Waals surface area contributed by atoms with Crippen LogP contribution in [-0.2, 0) is 0 Å². The Labute approximate surface area is 106 Å². The zero-order valence-corrected chi connectivity index (χ0v) is 9.88. The van der Waals surface area contributed by atoms with Crippen LogP contribution in [-0.4, -0.2) is 4.98 Å². The summed E-state index contributed by atoms with van der Waals surface area (Å²) < 4.78 is 31.9. The maximum atomic E-state index is 13.6. The zero-order chi connectivity index (χ0) is 12.5. The van der Waals surface area contributed by atoms with E-state index >= 15 is 0 Å². The summed E-state index contributed by atoms with van der Waals surface area (Å²) in [5.41, 5.74) is 0.562. The molecule has 0 fully saturated rings. The number of hydrogen-bond donors (Lipinski definition) is 0. The molecule has 0 bridgehead atoms. The number of aromatic nitrogens is 1. The number of rotatable bonds is 2. The highest BCUT2D eigenvalue weighted by atomic mass is 32.1. The molecule has 0 aliphatic rings. The van der Waals surface area contributed by atoms with E-state index in [0.717, 1.165) is 18.2 Å². The topological polar surface area (TPSA) is 26.0 Å². The van der Waals surface area contributed by atoms with Crippen LogP contribution < -0.4 is 0 Å². The number of benzene rings is 1. The molecule has 18 heavy (non-hydrogen) atoms. The average Bonchev–Trinajstić information content (AvgIpc) is 3.00. The number of hydrogen-bond acceptors (Lipinski definition) is 3. The Kier molecular flexibility index (Phi) is 2.68. The van der Waals surface area contributed by atoms with Gasteiger partial charge in [-0.25, -0.2) is 13.8 Å². The number of furan rings is 1. The second-order valence-corrected chi connectivity index (χ2v) is 4.50. The first-order valence-corrected chi connectivity index (χ1v) is 6.07. The van der Waals surface area contributed by atoms with E-state index in [1.54, 1.807) is 23.8 Å². The van der Waals surface area contributed by atoms with Crippen LogP contribution in [0.5, 0.6) is 0 Å². The molecule has 1 aromatic carbocycles. The lowest BCUT2D eigenvalue weighted by atomic mass is 10.1. The first-order valence-electron chi connectivity index (χ1n) is 5.19. The van der Waals surface area contributed by atoms with Crippen LogP contribution in [0.25, 0.3) is 22.0 Å². The Bertz CT molecular complexity index is 676. The third-order valence-electron chi connectivity index (χ3n) is 2.44. The van der Waals surface area contributed by atoms with Gasteiger partial charge in [-0.3, -0.25) is 0 Å². The lowest BCUT2D eigenvalue weighted by Crippen LogP contribution is -1.86. The number of thiazole rings is 1. The number of nitrogens with zero attached hydrogens (tertiary/aromatic N) is 1. The molecule has 0 N–H and O–H groups in total. The van der Waals surface area contributed by atoms with Gasteiger partial charge in [0.2, 0.25) is 0 Å². The molecule has 3 aromatic rings. The standard InChI is InChI=1S/C13H7F2NOS/c14-8-3-4-10(15)9(6-8)11-7-18-13(16-11)12-2-1-5-17-12/h1-7H. The van der Waals surface area contributed by atoms with Crippen LogP contribution in [0.1, 0.15) is 0 Å². The Morgan fingerprint density at radius 1 is 1.17 bits per heavy atom. The third kappa shape index (κ3) is 1.93. The molecule has 0 amide bonds. The van der Waals surface area contributed by atoms with Crippen molar-refractivity contribution in [3.63, 3.8) is 0 Å². The summed E-state index contributed by atoms with van der Waals surface area (Å²) in [5.74, 6) is -0.366. The van der Waals surface area contributed by atoms with E-state index in [-0.39, 0.29) is 5.56 Å². The van der Waals surface area contributed by atoms with E-state index < -0.39 is 11.6 Å². The molecular weight excluding hydrogens is 256 g/mol. The van der Waals surface area contributed by atoms with E-state index in [2.05, 4.69) is 4.98 Å². The Morgan fingerprint density at radius 2 is 2.06 bits per heavy atom. The molecule has 2 nitrogen and oxygen atoms in total. The molecule has 0 saturated heterocycles. The third-order valence-corrected chi connectivity index (χ3v) is 3.30. The van der Waals surface area contributed by atoms with E-state index in [1.807, 2.05) is 0 Å². The fraction of sp³-hybridized carbons (Fsp3) is 0. The Balaban J connectivity index is 2.05. The minimum Gasteiger partial charge on any atom is -0.462 e. The molecule has 0 aliphatic heterocycles. The van der Waals surface area contributed by atoms with Crippen molar-refractivity contribution in [3.05, 3.63) is 53.6 Å². The maximum absolute atomic E-state index is 13.6. The van der Waals surface area contributed by atoms with Crippen LogP contribution >= 0.6 is 11.3 Å². The van der Waals surface area contributed by atoms with Crippen molar-refractivity contribution in [1.82, 2.24) is 4.98 Å². The van der Waals surface area contributed by atoms with E-state index in [1.165, 1.54) is 11.3 Å². The first kappa shape index (κ1) is 11.1. The maximum Gasteiger partial charge on any atom is 0.162 e. The summed E-state index contributed by atoms with van der Waals surface area (Å²) in [4.78, 5) is 4.24. The van der Waals surface area contributed by atoms with Crippen molar-refractivity contribution in [2.75, 3.05) is 0 Å². The summed E-state index contributed by atoms with van der Waals surface area (Å²) in [6.45, 7) is 0. The van der Waals surface area contributed by atoms with Crippen molar-refractivity contribution in [2.24, 2.45) is 0 Å². The van der Waals surface area contributed by atoms with Gasteiger partial charge in [-0.15, -0.1) is 11.3 Å². The van der Waals surface area contributed by atoms with Crippen molar-refractivity contribution in [3.8, 4) is 22.0 Å². The fourth-order valence-corrected chi connectivity index (χ4v) is 2.39. The van der Waals surface area contributed by atoms with Crippen molar-refractivity contribution in [1.29, 1.82) is 0 Å². The van der Waals surface area contributed by atoms with Crippen LogP contribution in [0.4, 0.5) is 8.78 Å². The van der Waals surface area contributed by atoms with Crippen LogP contribution in [0, 0.1) is 11.6 Å². The summed E-state index contributed by atoms with van der Waals surface area (Å²) in [6.07, 6.45) is 1.54. The minimum atomic E-state index is -0.493. The summed E-state index contributed by atoms with van der Waals surface area (Å²) in [5, 5.41) is 2.31. The molecule has 5 heteroatoms. The van der Waals surface area contributed by atoms with Gasteiger partial charge in [-0.2, -0.15) is 0 Å². The largest absolute Gasteiger partial charge is 0.462 e. The van der Waals surface area contributed by atoms with Crippen molar-refractivity contribution in [2.45, 2.75) is 0 Å². The second kappa shape index (κ2) is 4.34. The van der Waals surface area contributed by atoms with Gasteiger partial charge in [0, 0.05) is 10.9 Å². The lowest BCUT2D eigenvalue weighted by Gasteiger charge is -1.98. The highest BCUT2D eigenvalue weighted by molar-refractivity contribution is 7.13. The first-order chi connectivity index (χ1) is 8.74. The number of halogens is 2. The van der Waals surface area contributed by atoms with E-state index in [4.69, 9.17) is 4.42 Å². The molecule has 0 spiro atoms. The monoisotopic (exact) mass is 263 g/mol. The van der Waals surface area contributed by atoms with Gasteiger partial charge in [0.1, 0.15) is 11.6 Å². The normalized spacial score (nSPS) is 10.8. The molecule has 2 heterocycles. The van der Waals surface area contributed by atoms with Gasteiger partial charge >= 0.3 is 0 Å². The molecular formula is C13H7F2NOS. The predicted octanol–water partition coefficient (Wildman–Crippen LogP) is 4.35. The van der Waals surface area contributed by atoms with Crippen LogP contribution in [0.15, 0.2) is 46.4 Å². The van der Waals surface area contributed by atoms with Gasteiger partial charge in [-0.1, -0.05) is 0 Å². The van der Waals surface area contributed by atoms with Crippen LogP contribution in [0.3, 0.4) is 0 Å². The summed E-state index contributed by atoms with van der Waals surface area (Å²) in [7, 11) is 0. The Morgan fingerprint density at radius 3 is 2.83 bits per heavy atom. The molecule has 2 aromatic heterocycles. The molecule has 0 radical (unpaired) electrons. The molecule has 0 saturated carbocycles. The molecule has 0 unspecified atom stereocenters. The van der Waals surface area contributed by atoms with Crippen molar-refractivity contribution >= 4 is 11.3 Å². The van der Waals surface area contributed by atoms with Gasteiger partial charge in [0.25, 0.3) is 0 Å². The lowest BCUT2D eigenvalue weighted by molar-refractivity contribution is 0.582.